The van der Waals surface area contributed by atoms with Gasteiger partial charge < -0.3 is 15.0 Å². The standard InChI is InChI=1S/C19H26N2O3/c22-18-12-16(13-21(18)17-8-4-5-9-17)19(23)20-10-11-24-14-15-6-2-1-3-7-15/h1-3,6-7,16-17H,4-5,8-14H2,(H,20,23)/t16-/m1/s1. The first-order valence-corrected chi connectivity index (χ1v) is 8.93. The summed E-state index contributed by atoms with van der Waals surface area (Å²) < 4.78 is 5.56. The molecule has 1 aromatic rings. The van der Waals surface area contributed by atoms with Crippen LogP contribution in [0, 0.1) is 5.92 Å². The maximum atomic E-state index is 12.2. The lowest BCUT2D eigenvalue weighted by atomic mass is 10.1. The number of carbonyl (C=O) groups excluding carboxylic acids is 2. The molecule has 0 aromatic heterocycles. The molecule has 2 amide bonds. The van der Waals surface area contributed by atoms with Crippen LogP contribution in [0.5, 0.6) is 0 Å². The Morgan fingerprint density at radius 1 is 1.21 bits per heavy atom. The third-order valence-corrected chi connectivity index (χ3v) is 4.95. The molecule has 3 rings (SSSR count). The van der Waals surface area contributed by atoms with Gasteiger partial charge in [-0.1, -0.05) is 43.2 Å². The summed E-state index contributed by atoms with van der Waals surface area (Å²) in [6.45, 7) is 2.10. The van der Waals surface area contributed by atoms with E-state index < -0.39 is 0 Å². The number of benzene rings is 1. The van der Waals surface area contributed by atoms with E-state index in [1.807, 2.05) is 35.2 Å². The van der Waals surface area contributed by atoms with Crippen LogP contribution >= 0.6 is 0 Å². The number of nitrogens with zero attached hydrogens (tertiary/aromatic N) is 1. The SMILES string of the molecule is O=C(NCCOCc1ccccc1)[C@@H]1CC(=O)N(C2CCCC2)C1. The van der Waals surface area contributed by atoms with Crippen LogP contribution in [-0.2, 0) is 20.9 Å². The molecule has 1 N–H and O–H groups in total. The lowest BCUT2D eigenvalue weighted by molar-refractivity contribution is -0.130. The molecule has 1 aliphatic carbocycles. The zero-order valence-corrected chi connectivity index (χ0v) is 14.1. The third kappa shape index (κ3) is 4.35. The Bertz CT molecular complexity index is 555. The number of likely N-dealkylation sites (tertiary alicyclic amines) is 1. The molecule has 5 nitrogen and oxygen atoms in total. The molecule has 1 atom stereocenters. The zero-order chi connectivity index (χ0) is 16.8. The first kappa shape index (κ1) is 17.0. The predicted octanol–water partition coefficient (Wildman–Crippen LogP) is 2.11. The first-order valence-electron chi connectivity index (χ1n) is 8.93. The lowest BCUT2D eigenvalue weighted by Gasteiger charge is -2.23. The van der Waals surface area contributed by atoms with Gasteiger partial charge in [-0.15, -0.1) is 0 Å². The van der Waals surface area contributed by atoms with E-state index >= 15 is 0 Å². The second kappa shape index (κ2) is 8.29. The Morgan fingerprint density at radius 3 is 2.71 bits per heavy atom. The van der Waals surface area contributed by atoms with Crippen LogP contribution in [0.25, 0.3) is 0 Å². The average molecular weight is 330 g/mol. The van der Waals surface area contributed by atoms with Gasteiger partial charge >= 0.3 is 0 Å². The van der Waals surface area contributed by atoms with Crippen molar-refractivity contribution >= 4 is 11.8 Å². The quantitative estimate of drug-likeness (QED) is 0.779. The van der Waals surface area contributed by atoms with Crippen LogP contribution in [0.4, 0.5) is 0 Å². The number of ether oxygens (including phenoxy) is 1. The monoisotopic (exact) mass is 330 g/mol. The summed E-state index contributed by atoms with van der Waals surface area (Å²) in [6, 6.07) is 10.3. The van der Waals surface area contributed by atoms with Crippen LogP contribution in [0.3, 0.4) is 0 Å². The first-order chi connectivity index (χ1) is 11.7. The Hall–Kier alpha value is -1.88. The normalized spacial score (nSPS) is 21.4. The summed E-state index contributed by atoms with van der Waals surface area (Å²) in [5, 5.41) is 2.90. The van der Waals surface area contributed by atoms with Crippen molar-refractivity contribution in [3.8, 4) is 0 Å². The van der Waals surface area contributed by atoms with E-state index in [9.17, 15) is 9.59 Å². The largest absolute Gasteiger partial charge is 0.375 e. The molecule has 0 unspecified atom stereocenters. The van der Waals surface area contributed by atoms with E-state index in [-0.39, 0.29) is 17.7 Å². The van der Waals surface area contributed by atoms with E-state index in [0.29, 0.717) is 38.8 Å². The predicted molar refractivity (Wildman–Crippen MR) is 91.2 cm³/mol. The van der Waals surface area contributed by atoms with E-state index in [2.05, 4.69) is 5.32 Å². The number of hydrogen-bond donors (Lipinski definition) is 1. The fourth-order valence-electron chi connectivity index (χ4n) is 3.63. The van der Waals surface area contributed by atoms with Crippen LogP contribution in [0.2, 0.25) is 0 Å². The molecule has 5 heteroatoms. The third-order valence-electron chi connectivity index (χ3n) is 4.95. The Morgan fingerprint density at radius 2 is 1.96 bits per heavy atom. The van der Waals surface area contributed by atoms with Gasteiger partial charge in [0, 0.05) is 25.6 Å². The lowest BCUT2D eigenvalue weighted by Crippen LogP contribution is -2.37. The second-order valence-electron chi connectivity index (χ2n) is 6.71. The summed E-state index contributed by atoms with van der Waals surface area (Å²) in [4.78, 5) is 26.3. The van der Waals surface area contributed by atoms with Gasteiger partial charge in [0.1, 0.15) is 0 Å². The number of carbonyl (C=O) groups is 2. The Kier molecular flexibility index (Phi) is 5.86. The number of nitrogens with one attached hydrogen (secondary N) is 1. The topological polar surface area (TPSA) is 58.6 Å². The van der Waals surface area contributed by atoms with Gasteiger partial charge in [0.25, 0.3) is 0 Å². The molecule has 1 aliphatic heterocycles. The van der Waals surface area contributed by atoms with Crippen LogP contribution in [0.15, 0.2) is 30.3 Å². The van der Waals surface area contributed by atoms with Crippen molar-refractivity contribution in [2.24, 2.45) is 5.92 Å². The summed E-state index contributed by atoms with van der Waals surface area (Å²) >= 11 is 0. The molecule has 0 bridgehead atoms. The van der Waals surface area contributed by atoms with Crippen molar-refractivity contribution in [3.63, 3.8) is 0 Å². The van der Waals surface area contributed by atoms with E-state index in [4.69, 9.17) is 4.74 Å². The molecule has 1 aromatic carbocycles. The highest BCUT2D eigenvalue weighted by molar-refractivity contribution is 5.89. The Labute approximate surface area is 143 Å². The van der Waals surface area contributed by atoms with Gasteiger partial charge in [-0.05, 0) is 18.4 Å². The van der Waals surface area contributed by atoms with Crippen molar-refractivity contribution in [1.82, 2.24) is 10.2 Å². The zero-order valence-electron chi connectivity index (χ0n) is 14.1. The van der Waals surface area contributed by atoms with Gasteiger partial charge in [0.15, 0.2) is 0 Å². The number of amides is 2. The van der Waals surface area contributed by atoms with Crippen molar-refractivity contribution in [2.75, 3.05) is 19.7 Å². The van der Waals surface area contributed by atoms with E-state index in [1.54, 1.807) is 0 Å². The van der Waals surface area contributed by atoms with Crippen molar-refractivity contribution in [2.45, 2.75) is 44.8 Å². The highest BCUT2D eigenvalue weighted by atomic mass is 16.5. The van der Waals surface area contributed by atoms with Crippen LogP contribution < -0.4 is 5.32 Å². The van der Waals surface area contributed by atoms with Crippen LogP contribution in [0.1, 0.15) is 37.7 Å². The van der Waals surface area contributed by atoms with Gasteiger partial charge in [0.2, 0.25) is 11.8 Å². The summed E-state index contributed by atoms with van der Waals surface area (Å²) in [5.41, 5.74) is 1.12. The minimum absolute atomic E-state index is 0.0211. The highest BCUT2D eigenvalue weighted by Crippen LogP contribution is 2.29. The highest BCUT2D eigenvalue weighted by Gasteiger charge is 2.38. The fourth-order valence-corrected chi connectivity index (χ4v) is 3.63. The average Bonchev–Trinajstić information content (AvgIpc) is 3.24. The molecule has 1 saturated heterocycles. The van der Waals surface area contributed by atoms with E-state index in [0.717, 1.165) is 18.4 Å². The van der Waals surface area contributed by atoms with Gasteiger partial charge in [-0.2, -0.15) is 0 Å². The number of hydrogen-bond acceptors (Lipinski definition) is 3. The molecule has 1 saturated carbocycles. The maximum Gasteiger partial charge on any atom is 0.225 e. The Balaban J connectivity index is 1.34. The summed E-state index contributed by atoms with van der Waals surface area (Å²) in [6.07, 6.45) is 4.93. The minimum Gasteiger partial charge on any atom is -0.375 e. The maximum absolute atomic E-state index is 12.2. The molecule has 0 radical (unpaired) electrons. The summed E-state index contributed by atoms with van der Waals surface area (Å²) in [7, 11) is 0. The van der Waals surface area contributed by atoms with Crippen LogP contribution in [-0.4, -0.2) is 42.5 Å². The summed E-state index contributed by atoms with van der Waals surface area (Å²) in [5.74, 6) is -0.0817. The second-order valence-corrected chi connectivity index (χ2v) is 6.71. The number of rotatable bonds is 7. The van der Waals surface area contributed by atoms with Crippen molar-refractivity contribution in [3.05, 3.63) is 35.9 Å². The molecular weight excluding hydrogens is 304 g/mol. The molecular formula is C19H26N2O3. The molecule has 24 heavy (non-hydrogen) atoms. The van der Waals surface area contributed by atoms with Gasteiger partial charge in [-0.25, -0.2) is 0 Å². The van der Waals surface area contributed by atoms with Gasteiger partial charge in [-0.3, -0.25) is 9.59 Å². The molecule has 2 fully saturated rings. The molecule has 2 aliphatic rings. The van der Waals surface area contributed by atoms with Gasteiger partial charge in [0.05, 0.1) is 19.1 Å². The molecule has 130 valence electrons. The van der Waals surface area contributed by atoms with Crippen molar-refractivity contribution in [1.29, 1.82) is 0 Å². The minimum atomic E-state index is -0.202. The van der Waals surface area contributed by atoms with Crippen molar-refractivity contribution < 1.29 is 14.3 Å². The molecule has 1 heterocycles. The smallest absolute Gasteiger partial charge is 0.225 e. The van der Waals surface area contributed by atoms with E-state index in [1.165, 1.54) is 12.8 Å². The molecule has 0 spiro atoms. The fraction of sp³-hybridized carbons (Fsp3) is 0.579.